The van der Waals surface area contributed by atoms with Gasteiger partial charge in [0.05, 0.1) is 18.4 Å². The second-order valence-corrected chi connectivity index (χ2v) is 7.90. The van der Waals surface area contributed by atoms with Crippen molar-refractivity contribution in [3.05, 3.63) is 59.7 Å². The number of aryl methyl sites for hydroxylation is 1. The average molecular weight is 425 g/mol. The first-order valence-electron chi connectivity index (χ1n) is 10.1. The molecule has 0 saturated carbocycles. The molecule has 1 aromatic heterocycles. The normalized spacial score (nSPS) is 10.8. The fourth-order valence-electron chi connectivity index (χ4n) is 3.19. The van der Waals surface area contributed by atoms with Crippen molar-refractivity contribution in [2.75, 3.05) is 19.9 Å². The summed E-state index contributed by atoms with van der Waals surface area (Å²) < 4.78 is 7.47. The van der Waals surface area contributed by atoms with E-state index in [1.54, 1.807) is 12.0 Å². The van der Waals surface area contributed by atoms with Gasteiger partial charge in [-0.25, -0.2) is 0 Å². The Morgan fingerprint density at radius 1 is 1.07 bits per heavy atom. The smallest absolute Gasteiger partial charge is 0.233 e. The molecule has 7 heteroatoms. The van der Waals surface area contributed by atoms with Gasteiger partial charge in [-0.2, -0.15) is 0 Å². The van der Waals surface area contributed by atoms with E-state index in [1.165, 1.54) is 17.3 Å². The van der Waals surface area contributed by atoms with Crippen LogP contribution >= 0.6 is 11.8 Å². The van der Waals surface area contributed by atoms with Crippen molar-refractivity contribution < 1.29 is 9.53 Å². The summed E-state index contributed by atoms with van der Waals surface area (Å²) in [6.45, 7) is 5.48. The Morgan fingerprint density at radius 2 is 1.77 bits per heavy atom. The number of thioether (sulfide) groups is 1. The SMILES string of the molecule is CCc1ccc(CN(C)C(=O)CSc2nnc(-c3ccccc3OC)n2CC)cc1. The van der Waals surface area contributed by atoms with Gasteiger partial charge in [0.25, 0.3) is 0 Å². The van der Waals surface area contributed by atoms with E-state index < -0.39 is 0 Å². The van der Waals surface area contributed by atoms with E-state index >= 15 is 0 Å². The van der Waals surface area contributed by atoms with Crippen molar-refractivity contribution in [1.82, 2.24) is 19.7 Å². The summed E-state index contributed by atoms with van der Waals surface area (Å²) in [6, 6.07) is 16.2. The van der Waals surface area contributed by atoms with E-state index in [-0.39, 0.29) is 5.91 Å². The Morgan fingerprint density at radius 3 is 2.43 bits per heavy atom. The predicted molar refractivity (Wildman–Crippen MR) is 121 cm³/mol. The number of carbonyl (C=O) groups excluding carboxylic acids is 1. The van der Waals surface area contributed by atoms with Gasteiger partial charge in [0.15, 0.2) is 11.0 Å². The minimum absolute atomic E-state index is 0.0593. The maximum Gasteiger partial charge on any atom is 0.233 e. The Bertz CT molecular complexity index is 985. The Kier molecular flexibility index (Phi) is 7.52. The van der Waals surface area contributed by atoms with Gasteiger partial charge in [0.2, 0.25) is 5.91 Å². The van der Waals surface area contributed by atoms with Gasteiger partial charge in [0.1, 0.15) is 5.75 Å². The molecular formula is C23H28N4O2S. The summed E-state index contributed by atoms with van der Waals surface area (Å²) in [5, 5.41) is 9.41. The molecule has 6 nitrogen and oxygen atoms in total. The van der Waals surface area contributed by atoms with Crippen molar-refractivity contribution in [1.29, 1.82) is 0 Å². The van der Waals surface area contributed by atoms with Gasteiger partial charge in [-0.05, 0) is 36.6 Å². The van der Waals surface area contributed by atoms with Gasteiger partial charge in [-0.1, -0.05) is 55.1 Å². The van der Waals surface area contributed by atoms with Crippen molar-refractivity contribution >= 4 is 17.7 Å². The van der Waals surface area contributed by atoms with Crippen LogP contribution in [0, 0.1) is 0 Å². The molecule has 0 aliphatic heterocycles. The number of benzene rings is 2. The number of rotatable bonds is 9. The fourth-order valence-corrected chi connectivity index (χ4v) is 4.13. The molecule has 1 amide bonds. The van der Waals surface area contributed by atoms with E-state index in [4.69, 9.17) is 4.74 Å². The zero-order valence-electron chi connectivity index (χ0n) is 18.0. The molecule has 0 unspecified atom stereocenters. The number of nitrogens with zero attached hydrogens (tertiary/aromatic N) is 4. The zero-order chi connectivity index (χ0) is 21.5. The number of hydrogen-bond acceptors (Lipinski definition) is 5. The fraction of sp³-hybridized carbons (Fsp3) is 0.348. The molecule has 0 aliphatic carbocycles. The van der Waals surface area contributed by atoms with Gasteiger partial charge < -0.3 is 14.2 Å². The maximum atomic E-state index is 12.6. The number of hydrogen-bond donors (Lipinski definition) is 0. The van der Waals surface area contributed by atoms with E-state index in [9.17, 15) is 4.79 Å². The van der Waals surface area contributed by atoms with Crippen molar-refractivity contribution in [2.45, 2.75) is 38.5 Å². The molecule has 2 aromatic carbocycles. The van der Waals surface area contributed by atoms with Crippen LogP contribution in [0.15, 0.2) is 53.7 Å². The molecule has 0 aliphatic rings. The molecule has 0 fully saturated rings. The molecule has 158 valence electrons. The summed E-state index contributed by atoms with van der Waals surface area (Å²) in [4.78, 5) is 14.4. The van der Waals surface area contributed by atoms with Crippen LogP contribution in [0.3, 0.4) is 0 Å². The highest BCUT2D eigenvalue weighted by Gasteiger charge is 2.18. The van der Waals surface area contributed by atoms with Crippen molar-refractivity contribution in [2.24, 2.45) is 0 Å². The monoisotopic (exact) mass is 424 g/mol. The third-order valence-electron chi connectivity index (χ3n) is 4.98. The second kappa shape index (κ2) is 10.3. The highest BCUT2D eigenvalue weighted by molar-refractivity contribution is 7.99. The topological polar surface area (TPSA) is 60.3 Å². The molecule has 0 N–H and O–H groups in total. The lowest BCUT2D eigenvalue weighted by Crippen LogP contribution is -2.27. The Balaban J connectivity index is 1.66. The van der Waals surface area contributed by atoms with Crippen LogP contribution in [0.1, 0.15) is 25.0 Å². The van der Waals surface area contributed by atoms with Crippen LogP contribution in [-0.2, 0) is 24.3 Å². The number of amides is 1. The lowest BCUT2D eigenvalue weighted by atomic mass is 10.1. The predicted octanol–water partition coefficient (Wildman–Crippen LogP) is 4.29. The number of aromatic nitrogens is 3. The maximum absolute atomic E-state index is 12.6. The summed E-state index contributed by atoms with van der Waals surface area (Å²) in [7, 11) is 3.48. The first-order valence-corrected chi connectivity index (χ1v) is 11.1. The summed E-state index contributed by atoms with van der Waals surface area (Å²) >= 11 is 1.41. The second-order valence-electron chi connectivity index (χ2n) is 6.96. The molecule has 30 heavy (non-hydrogen) atoms. The van der Waals surface area contributed by atoms with Crippen LogP contribution in [0.2, 0.25) is 0 Å². The third-order valence-corrected chi connectivity index (χ3v) is 5.93. The number of methoxy groups -OCH3 is 1. The van der Waals surface area contributed by atoms with Crippen LogP contribution < -0.4 is 4.74 Å². The summed E-state index contributed by atoms with van der Waals surface area (Å²) in [5.74, 6) is 1.87. The van der Waals surface area contributed by atoms with Crippen LogP contribution in [0.4, 0.5) is 0 Å². The molecule has 3 aromatic rings. The number of ether oxygens (including phenoxy) is 1. The molecule has 0 atom stereocenters. The lowest BCUT2D eigenvalue weighted by molar-refractivity contribution is -0.127. The zero-order valence-corrected chi connectivity index (χ0v) is 18.8. The molecule has 0 spiro atoms. The first-order chi connectivity index (χ1) is 14.6. The molecule has 0 bridgehead atoms. The summed E-state index contributed by atoms with van der Waals surface area (Å²) in [6.07, 6.45) is 1.01. The van der Waals surface area contributed by atoms with Gasteiger partial charge >= 0.3 is 0 Å². The van der Waals surface area contributed by atoms with Gasteiger partial charge in [0, 0.05) is 20.1 Å². The van der Waals surface area contributed by atoms with Crippen LogP contribution in [0.5, 0.6) is 5.75 Å². The first kappa shape index (κ1) is 21.9. The van der Waals surface area contributed by atoms with E-state index in [0.29, 0.717) is 18.8 Å². The number of carbonyl (C=O) groups is 1. The Hall–Kier alpha value is -2.80. The average Bonchev–Trinajstić information content (AvgIpc) is 3.20. The van der Waals surface area contributed by atoms with E-state index in [0.717, 1.165) is 34.3 Å². The molecular weight excluding hydrogens is 396 g/mol. The highest BCUT2D eigenvalue weighted by Crippen LogP contribution is 2.30. The highest BCUT2D eigenvalue weighted by atomic mass is 32.2. The standard InChI is InChI=1S/C23H28N4O2S/c1-5-17-11-13-18(14-12-17)15-26(3)21(28)16-30-23-25-24-22(27(23)6-2)19-9-7-8-10-20(19)29-4/h7-14H,5-6,15-16H2,1-4H3. The molecule has 0 saturated heterocycles. The van der Waals surface area contributed by atoms with Crippen LogP contribution in [-0.4, -0.2) is 45.5 Å². The van der Waals surface area contributed by atoms with Gasteiger partial charge in [-0.15, -0.1) is 10.2 Å². The third kappa shape index (κ3) is 5.02. The Labute approximate surface area is 182 Å². The number of para-hydroxylation sites is 1. The van der Waals surface area contributed by atoms with E-state index in [2.05, 4.69) is 41.4 Å². The van der Waals surface area contributed by atoms with Crippen molar-refractivity contribution in [3.8, 4) is 17.1 Å². The minimum atomic E-state index is 0.0593. The largest absolute Gasteiger partial charge is 0.496 e. The summed E-state index contributed by atoms with van der Waals surface area (Å²) in [5.41, 5.74) is 3.32. The van der Waals surface area contributed by atoms with Crippen LogP contribution in [0.25, 0.3) is 11.4 Å². The minimum Gasteiger partial charge on any atom is -0.496 e. The lowest BCUT2D eigenvalue weighted by Gasteiger charge is -2.17. The van der Waals surface area contributed by atoms with Crippen molar-refractivity contribution in [3.63, 3.8) is 0 Å². The quantitative estimate of drug-likeness (QED) is 0.480. The molecule has 0 radical (unpaired) electrons. The van der Waals surface area contributed by atoms with E-state index in [1.807, 2.05) is 42.8 Å². The van der Waals surface area contributed by atoms with Gasteiger partial charge in [-0.3, -0.25) is 4.79 Å². The molecule has 3 rings (SSSR count). The molecule has 1 heterocycles.